The minimum Gasteiger partial charge on any atom is -0.484 e. The van der Waals surface area contributed by atoms with E-state index in [1.165, 1.54) is 25.1 Å². The van der Waals surface area contributed by atoms with Gasteiger partial charge in [0.05, 0.1) is 5.69 Å². The molecule has 1 aliphatic rings. The van der Waals surface area contributed by atoms with Crippen LogP contribution in [0.1, 0.15) is 35.8 Å². The van der Waals surface area contributed by atoms with Crippen LogP contribution in [-0.2, 0) is 11.0 Å². The van der Waals surface area contributed by atoms with Crippen molar-refractivity contribution >= 4 is 11.6 Å². The van der Waals surface area contributed by atoms with E-state index in [0.717, 1.165) is 10.6 Å². The third-order valence-corrected chi connectivity index (χ3v) is 5.22. The van der Waals surface area contributed by atoms with Crippen molar-refractivity contribution in [1.82, 2.24) is 19.5 Å². The third kappa shape index (κ3) is 4.62. The van der Waals surface area contributed by atoms with Gasteiger partial charge in [-0.25, -0.2) is 13.9 Å². The molecule has 4 rings (SSSR count). The largest absolute Gasteiger partial charge is 0.484 e. The number of carbonyl (C=O) groups excluding carboxylic acids is 1. The van der Waals surface area contributed by atoms with Crippen molar-refractivity contribution in [3.05, 3.63) is 59.3 Å². The van der Waals surface area contributed by atoms with E-state index in [1.54, 1.807) is 17.0 Å². The number of halogens is 4. The van der Waals surface area contributed by atoms with E-state index in [9.17, 15) is 22.4 Å². The molecule has 1 aromatic carbocycles. The van der Waals surface area contributed by atoms with Crippen molar-refractivity contribution in [3.63, 3.8) is 0 Å². The number of ether oxygens (including phenoxy) is 1. The Balaban J connectivity index is 1.49. The van der Waals surface area contributed by atoms with Crippen LogP contribution < -0.4 is 4.74 Å². The molecule has 1 aliphatic heterocycles. The lowest BCUT2D eigenvalue weighted by molar-refractivity contribution is -0.142. The summed E-state index contributed by atoms with van der Waals surface area (Å²) in [5.74, 6) is -0.696. The number of fused-ring (bicyclic) bond motifs is 1. The van der Waals surface area contributed by atoms with Gasteiger partial charge in [0.2, 0.25) is 0 Å². The van der Waals surface area contributed by atoms with Gasteiger partial charge in [-0.2, -0.15) is 18.3 Å². The summed E-state index contributed by atoms with van der Waals surface area (Å²) in [4.78, 5) is 18.3. The lowest BCUT2D eigenvalue weighted by Gasteiger charge is -2.31. The zero-order chi connectivity index (χ0) is 22.2. The Labute approximate surface area is 175 Å². The third-order valence-electron chi connectivity index (χ3n) is 5.22. The first-order chi connectivity index (χ1) is 14.7. The fourth-order valence-electron chi connectivity index (χ4n) is 3.76. The topological polar surface area (TPSA) is 59.7 Å². The summed E-state index contributed by atoms with van der Waals surface area (Å²) in [6.45, 7) is 2.08. The fraction of sp³-hybridized carbons (Fsp3) is 0.381. The van der Waals surface area contributed by atoms with Gasteiger partial charge in [-0.3, -0.25) is 4.79 Å². The van der Waals surface area contributed by atoms with Crippen molar-refractivity contribution in [3.8, 4) is 5.75 Å². The number of hydrogen-bond acceptors (Lipinski definition) is 4. The van der Waals surface area contributed by atoms with Crippen LogP contribution in [-0.4, -0.2) is 45.1 Å². The highest BCUT2D eigenvalue weighted by Crippen LogP contribution is 2.32. The smallest absolute Gasteiger partial charge is 0.433 e. The molecule has 6 nitrogen and oxygen atoms in total. The Hall–Kier alpha value is -3.17. The second kappa shape index (κ2) is 8.16. The summed E-state index contributed by atoms with van der Waals surface area (Å²) in [5, 5.41) is 4.16. The van der Waals surface area contributed by atoms with E-state index in [0.29, 0.717) is 31.6 Å². The lowest BCUT2D eigenvalue weighted by Crippen LogP contribution is -2.41. The number of hydrogen-bond donors (Lipinski definition) is 0. The van der Waals surface area contributed by atoms with Crippen LogP contribution in [0.25, 0.3) is 5.65 Å². The monoisotopic (exact) mass is 436 g/mol. The summed E-state index contributed by atoms with van der Waals surface area (Å²) in [6.07, 6.45) is -3.18. The molecule has 1 amide bonds. The molecule has 10 heteroatoms. The maximum atomic E-state index is 13.4. The van der Waals surface area contributed by atoms with Gasteiger partial charge in [-0.1, -0.05) is 6.07 Å². The highest BCUT2D eigenvalue weighted by atomic mass is 19.4. The Kier molecular flexibility index (Phi) is 5.55. The average Bonchev–Trinajstić information content (AvgIpc) is 3.14. The molecular formula is C21H20F4N4O2. The van der Waals surface area contributed by atoms with Gasteiger partial charge in [0, 0.05) is 36.8 Å². The molecule has 3 heterocycles. The van der Waals surface area contributed by atoms with E-state index in [1.807, 2.05) is 0 Å². The highest BCUT2D eigenvalue weighted by Gasteiger charge is 2.35. The predicted octanol–water partition coefficient (Wildman–Crippen LogP) is 3.98. The summed E-state index contributed by atoms with van der Waals surface area (Å²) in [5.41, 5.74) is -0.0398. The molecule has 1 fully saturated rings. The number of amides is 1. The summed E-state index contributed by atoms with van der Waals surface area (Å²) >= 11 is 0. The summed E-state index contributed by atoms with van der Waals surface area (Å²) in [7, 11) is 0. The van der Waals surface area contributed by atoms with Gasteiger partial charge in [0.1, 0.15) is 17.3 Å². The van der Waals surface area contributed by atoms with Crippen LogP contribution in [0.2, 0.25) is 0 Å². The van der Waals surface area contributed by atoms with E-state index >= 15 is 0 Å². The van der Waals surface area contributed by atoms with E-state index in [2.05, 4.69) is 10.1 Å². The fourth-order valence-corrected chi connectivity index (χ4v) is 3.76. The van der Waals surface area contributed by atoms with Crippen molar-refractivity contribution in [2.75, 3.05) is 19.7 Å². The highest BCUT2D eigenvalue weighted by molar-refractivity contribution is 5.78. The zero-order valence-electron chi connectivity index (χ0n) is 16.7. The first kappa shape index (κ1) is 21.1. The SMILES string of the molecule is Cc1cc(C(F)(F)F)n2nc([C@@H]3CCCN(C(=O)COc4cccc(F)c4)C3)cc2n1. The van der Waals surface area contributed by atoms with Crippen LogP contribution in [0.4, 0.5) is 17.6 Å². The standard InChI is InChI=1S/C21H20F4N4O2/c1-13-8-18(21(23,24)25)29-19(26-13)10-17(27-29)14-4-3-7-28(11-14)20(30)12-31-16-6-2-5-15(22)9-16/h2,5-6,8-10,14H,3-4,7,11-12H2,1H3/t14-/m1/s1. The number of likely N-dealkylation sites (tertiary alicyclic amines) is 1. The van der Waals surface area contributed by atoms with Crippen LogP contribution in [0.15, 0.2) is 36.4 Å². The summed E-state index contributed by atoms with van der Waals surface area (Å²) < 4.78 is 59.6. The van der Waals surface area contributed by atoms with Crippen LogP contribution in [0.3, 0.4) is 0 Å². The lowest BCUT2D eigenvalue weighted by atomic mass is 9.95. The number of nitrogens with zero attached hydrogens (tertiary/aromatic N) is 4. The van der Waals surface area contributed by atoms with Crippen molar-refractivity contribution in [2.45, 2.75) is 31.9 Å². The van der Waals surface area contributed by atoms with E-state index in [4.69, 9.17) is 4.74 Å². The van der Waals surface area contributed by atoms with Crippen molar-refractivity contribution in [1.29, 1.82) is 0 Å². The maximum Gasteiger partial charge on any atom is 0.433 e. The molecule has 0 N–H and O–H groups in total. The number of benzene rings is 1. The zero-order valence-corrected chi connectivity index (χ0v) is 16.7. The quantitative estimate of drug-likeness (QED) is 0.581. The number of piperidine rings is 1. The predicted molar refractivity (Wildman–Crippen MR) is 103 cm³/mol. The molecular weight excluding hydrogens is 416 g/mol. The molecule has 0 saturated carbocycles. The molecule has 0 aliphatic carbocycles. The van der Waals surface area contributed by atoms with Gasteiger partial charge in [0.25, 0.3) is 5.91 Å². The molecule has 0 unspecified atom stereocenters. The second-order valence-electron chi connectivity index (χ2n) is 7.54. The van der Waals surface area contributed by atoms with Crippen LogP contribution in [0, 0.1) is 12.7 Å². The van der Waals surface area contributed by atoms with Gasteiger partial charge >= 0.3 is 6.18 Å². The summed E-state index contributed by atoms with van der Waals surface area (Å²) in [6, 6.07) is 8.02. The van der Waals surface area contributed by atoms with Gasteiger partial charge in [-0.15, -0.1) is 0 Å². The molecule has 2 aromatic heterocycles. The number of alkyl halides is 3. The van der Waals surface area contributed by atoms with Crippen LogP contribution in [0.5, 0.6) is 5.75 Å². The Bertz CT molecular complexity index is 1110. The van der Waals surface area contributed by atoms with E-state index < -0.39 is 17.7 Å². The molecule has 164 valence electrons. The van der Waals surface area contributed by atoms with E-state index in [-0.39, 0.29) is 35.5 Å². The Morgan fingerprint density at radius 1 is 1.26 bits per heavy atom. The molecule has 1 saturated heterocycles. The molecule has 0 bridgehead atoms. The van der Waals surface area contributed by atoms with Crippen molar-refractivity contribution in [2.24, 2.45) is 0 Å². The van der Waals surface area contributed by atoms with Crippen molar-refractivity contribution < 1.29 is 27.1 Å². The second-order valence-corrected chi connectivity index (χ2v) is 7.54. The number of rotatable bonds is 4. The minimum absolute atomic E-state index is 0.125. The van der Waals surface area contributed by atoms with Crippen LogP contribution >= 0.6 is 0 Å². The molecule has 0 radical (unpaired) electrons. The number of aromatic nitrogens is 3. The Morgan fingerprint density at radius 3 is 2.81 bits per heavy atom. The first-order valence-corrected chi connectivity index (χ1v) is 9.81. The van der Waals surface area contributed by atoms with Gasteiger partial charge in [0.15, 0.2) is 12.3 Å². The van der Waals surface area contributed by atoms with Gasteiger partial charge < -0.3 is 9.64 Å². The minimum atomic E-state index is -4.56. The van der Waals surface area contributed by atoms with Gasteiger partial charge in [-0.05, 0) is 38.0 Å². The average molecular weight is 436 g/mol. The molecule has 31 heavy (non-hydrogen) atoms. The molecule has 3 aromatic rings. The maximum absolute atomic E-state index is 13.4. The number of aryl methyl sites for hydroxylation is 1. The number of carbonyl (C=O) groups is 1. The Morgan fingerprint density at radius 2 is 2.06 bits per heavy atom. The molecule has 1 atom stereocenters. The normalized spacial score (nSPS) is 17.2. The first-order valence-electron chi connectivity index (χ1n) is 9.81. The molecule has 0 spiro atoms.